The molecule has 3 aromatic rings. The Labute approximate surface area is 174 Å². The maximum Gasteiger partial charge on any atom is 0.452 e. The molecule has 6 nitrogen and oxygen atoms in total. The Morgan fingerprint density at radius 1 is 1.10 bits per heavy atom. The van der Waals surface area contributed by atoms with E-state index in [1.54, 1.807) is 42.5 Å². The Kier molecular flexibility index (Phi) is 5.67. The molecule has 1 aliphatic rings. The second-order valence-corrected chi connectivity index (χ2v) is 7.74. The summed E-state index contributed by atoms with van der Waals surface area (Å²) in [6.07, 6.45) is -3.44. The van der Waals surface area contributed by atoms with Gasteiger partial charge in [-0.3, -0.25) is 4.79 Å². The van der Waals surface area contributed by atoms with Gasteiger partial charge in [0.1, 0.15) is 5.82 Å². The monoisotopic (exact) mass is 434 g/mol. The van der Waals surface area contributed by atoms with Gasteiger partial charge < -0.3 is 14.6 Å². The Bertz CT molecular complexity index is 1020. The minimum atomic E-state index is -4.86. The molecule has 156 valence electrons. The maximum absolute atomic E-state index is 13.4. The lowest BCUT2D eigenvalue weighted by atomic mass is 10.2. The van der Waals surface area contributed by atoms with E-state index >= 15 is 0 Å². The van der Waals surface area contributed by atoms with Crippen LogP contribution in [0.2, 0.25) is 0 Å². The van der Waals surface area contributed by atoms with Crippen molar-refractivity contribution in [3.63, 3.8) is 0 Å². The summed E-state index contributed by atoms with van der Waals surface area (Å²) in [7, 11) is 0. The first-order chi connectivity index (χ1) is 14.4. The van der Waals surface area contributed by atoms with E-state index in [9.17, 15) is 18.0 Å². The van der Waals surface area contributed by atoms with Gasteiger partial charge in [0.05, 0.1) is 11.9 Å². The number of carbonyl (C=O) groups excluding carboxylic acids is 1. The molecule has 0 spiro atoms. The number of anilines is 2. The molecule has 0 saturated carbocycles. The Morgan fingerprint density at radius 2 is 1.83 bits per heavy atom. The first kappa shape index (κ1) is 20.3. The molecule has 1 aromatic carbocycles. The van der Waals surface area contributed by atoms with E-state index in [2.05, 4.69) is 20.2 Å². The SMILES string of the molecule is O=C(Nc1ccc(N2CCSCC2)nc1)c1nc(-c2ccccc2)oc1C(F)(F)F. The Morgan fingerprint density at radius 3 is 2.47 bits per heavy atom. The number of carbonyl (C=O) groups is 1. The molecule has 4 rings (SSSR count). The normalized spacial score (nSPS) is 14.6. The summed E-state index contributed by atoms with van der Waals surface area (Å²) in [5.74, 6) is 0.0556. The van der Waals surface area contributed by atoms with Gasteiger partial charge in [-0.05, 0) is 24.3 Å². The van der Waals surface area contributed by atoms with Crippen molar-refractivity contribution in [1.29, 1.82) is 0 Å². The van der Waals surface area contributed by atoms with E-state index in [-0.39, 0.29) is 11.6 Å². The zero-order valence-corrected chi connectivity index (χ0v) is 16.5. The molecule has 3 heterocycles. The van der Waals surface area contributed by atoms with Crippen LogP contribution in [0.4, 0.5) is 24.7 Å². The van der Waals surface area contributed by atoms with Gasteiger partial charge in [-0.1, -0.05) is 18.2 Å². The molecule has 0 bridgehead atoms. The van der Waals surface area contributed by atoms with Gasteiger partial charge in [0, 0.05) is 30.2 Å². The number of hydrogen-bond donors (Lipinski definition) is 1. The van der Waals surface area contributed by atoms with Crippen molar-refractivity contribution in [3.05, 3.63) is 60.1 Å². The molecule has 2 aromatic heterocycles. The molecule has 1 aliphatic heterocycles. The molecular weight excluding hydrogens is 417 g/mol. The third kappa shape index (κ3) is 4.43. The number of pyridine rings is 1. The van der Waals surface area contributed by atoms with Crippen molar-refractivity contribution in [3.8, 4) is 11.5 Å². The van der Waals surface area contributed by atoms with Gasteiger partial charge in [0.25, 0.3) is 5.91 Å². The average molecular weight is 434 g/mol. The smallest absolute Gasteiger partial charge is 0.431 e. The molecule has 10 heteroatoms. The van der Waals surface area contributed by atoms with E-state index in [0.717, 1.165) is 30.4 Å². The van der Waals surface area contributed by atoms with Crippen LogP contribution < -0.4 is 10.2 Å². The molecular formula is C20H17F3N4O2S. The van der Waals surface area contributed by atoms with Crippen molar-refractivity contribution in [2.75, 3.05) is 34.8 Å². The van der Waals surface area contributed by atoms with E-state index in [0.29, 0.717) is 5.56 Å². The van der Waals surface area contributed by atoms with E-state index in [1.165, 1.54) is 6.20 Å². The van der Waals surface area contributed by atoms with Crippen LogP contribution in [0.15, 0.2) is 53.1 Å². The highest BCUT2D eigenvalue weighted by molar-refractivity contribution is 7.99. The summed E-state index contributed by atoms with van der Waals surface area (Å²) in [6, 6.07) is 11.4. The van der Waals surface area contributed by atoms with Crippen LogP contribution in [-0.4, -0.2) is 40.5 Å². The lowest BCUT2D eigenvalue weighted by molar-refractivity contribution is -0.153. The van der Waals surface area contributed by atoms with Gasteiger partial charge in [-0.15, -0.1) is 0 Å². The van der Waals surface area contributed by atoms with E-state index in [4.69, 9.17) is 4.42 Å². The molecule has 0 radical (unpaired) electrons. The van der Waals surface area contributed by atoms with Crippen molar-refractivity contribution >= 4 is 29.2 Å². The molecule has 0 aliphatic carbocycles. The van der Waals surface area contributed by atoms with Gasteiger partial charge in [-0.25, -0.2) is 9.97 Å². The van der Waals surface area contributed by atoms with E-state index in [1.807, 2.05) is 11.8 Å². The highest BCUT2D eigenvalue weighted by Gasteiger charge is 2.42. The van der Waals surface area contributed by atoms with Gasteiger partial charge in [0.2, 0.25) is 11.7 Å². The molecule has 30 heavy (non-hydrogen) atoms. The number of rotatable bonds is 4. The predicted octanol–water partition coefficient (Wildman–Crippen LogP) is 4.56. The molecule has 1 saturated heterocycles. The third-order valence-electron chi connectivity index (χ3n) is 4.46. The molecule has 1 amide bonds. The summed E-state index contributed by atoms with van der Waals surface area (Å²) in [5.41, 5.74) is -0.209. The van der Waals surface area contributed by atoms with Gasteiger partial charge >= 0.3 is 6.18 Å². The Balaban J connectivity index is 1.56. The van der Waals surface area contributed by atoms with Crippen LogP contribution >= 0.6 is 11.8 Å². The molecule has 0 unspecified atom stereocenters. The number of thioether (sulfide) groups is 1. The number of oxazole rings is 1. The number of amides is 1. The number of aromatic nitrogens is 2. The third-order valence-corrected chi connectivity index (χ3v) is 5.40. The standard InChI is InChI=1S/C20H17F3N4O2S/c21-20(22,23)17-16(26-19(29-17)13-4-2-1-3-5-13)18(28)25-14-6-7-15(24-12-14)27-8-10-30-11-9-27/h1-7,12H,8-11H2,(H,25,28). The van der Waals surface area contributed by atoms with E-state index < -0.39 is 23.5 Å². The summed E-state index contributed by atoms with van der Waals surface area (Å²) in [4.78, 5) is 22.8. The highest BCUT2D eigenvalue weighted by Crippen LogP contribution is 2.35. The van der Waals surface area contributed by atoms with Crippen LogP contribution in [0.25, 0.3) is 11.5 Å². The number of nitrogens with zero attached hydrogens (tertiary/aromatic N) is 3. The molecule has 1 N–H and O–H groups in total. The second-order valence-electron chi connectivity index (χ2n) is 6.52. The lowest BCUT2D eigenvalue weighted by Gasteiger charge is -2.27. The van der Waals surface area contributed by atoms with Crippen LogP contribution in [-0.2, 0) is 6.18 Å². The van der Waals surface area contributed by atoms with Gasteiger partial charge in [0.15, 0.2) is 5.69 Å². The fraction of sp³-hybridized carbons (Fsp3) is 0.250. The van der Waals surface area contributed by atoms with Crippen molar-refractivity contribution in [1.82, 2.24) is 9.97 Å². The summed E-state index contributed by atoms with van der Waals surface area (Å²) in [6.45, 7) is 1.75. The average Bonchev–Trinajstić information content (AvgIpc) is 3.22. The largest absolute Gasteiger partial charge is 0.452 e. The second kappa shape index (κ2) is 8.39. The topological polar surface area (TPSA) is 71.3 Å². The van der Waals surface area contributed by atoms with Gasteiger partial charge in [-0.2, -0.15) is 24.9 Å². The minimum absolute atomic E-state index is 0.271. The number of benzene rings is 1. The Hall–Kier alpha value is -3.01. The van der Waals surface area contributed by atoms with Crippen LogP contribution in [0.5, 0.6) is 0 Å². The van der Waals surface area contributed by atoms with Crippen LogP contribution in [0.1, 0.15) is 16.2 Å². The fourth-order valence-electron chi connectivity index (χ4n) is 3.00. The zero-order chi connectivity index (χ0) is 21.1. The fourth-order valence-corrected chi connectivity index (χ4v) is 3.90. The van der Waals surface area contributed by atoms with Crippen molar-refractivity contribution in [2.24, 2.45) is 0 Å². The number of alkyl halides is 3. The summed E-state index contributed by atoms with van der Waals surface area (Å²) in [5, 5.41) is 2.42. The van der Waals surface area contributed by atoms with Crippen molar-refractivity contribution in [2.45, 2.75) is 6.18 Å². The highest BCUT2D eigenvalue weighted by atomic mass is 32.2. The molecule has 0 atom stereocenters. The quantitative estimate of drug-likeness (QED) is 0.649. The van der Waals surface area contributed by atoms with Crippen molar-refractivity contribution < 1.29 is 22.4 Å². The predicted molar refractivity (Wildman–Crippen MR) is 109 cm³/mol. The summed E-state index contributed by atoms with van der Waals surface area (Å²) >= 11 is 1.87. The first-order valence-electron chi connectivity index (χ1n) is 9.15. The number of nitrogens with one attached hydrogen (secondary N) is 1. The summed E-state index contributed by atoms with van der Waals surface area (Å²) < 4.78 is 45.1. The first-order valence-corrected chi connectivity index (χ1v) is 10.3. The van der Waals surface area contributed by atoms with Crippen LogP contribution in [0, 0.1) is 0 Å². The number of halogens is 3. The molecule has 1 fully saturated rings. The minimum Gasteiger partial charge on any atom is -0.431 e. The number of hydrogen-bond acceptors (Lipinski definition) is 6. The maximum atomic E-state index is 13.4. The lowest BCUT2D eigenvalue weighted by Crippen LogP contribution is -2.33. The zero-order valence-electron chi connectivity index (χ0n) is 15.6. The van der Waals surface area contributed by atoms with Crippen LogP contribution in [0.3, 0.4) is 0 Å².